The SMILES string of the molecule is Cc1nc(/C=C(/F)[C@@H](O)CC(=O)N2C(=O)O[C@H](c3ccccc3)[C@@H]2C)co1. The van der Waals surface area contributed by atoms with E-state index in [1.165, 1.54) is 6.26 Å². The predicted molar refractivity (Wildman–Crippen MR) is 92.9 cm³/mol. The molecule has 0 unspecified atom stereocenters. The Morgan fingerprint density at radius 1 is 1.41 bits per heavy atom. The van der Waals surface area contributed by atoms with Crippen LogP contribution in [0.5, 0.6) is 0 Å². The molecule has 1 aliphatic heterocycles. The molecule has 1 aromatic heterocycles. The highest BCUT2D eigenvalue weighted by atomic mass is 19.1. The average molecular weight is 374 g/mol. The van der Waals surface area contributed by atoms with Crippen molar-refractivity contribution < 1.29 is 28.2 Å². The van der Waals surface area contributed by atoms with E-state index in [4.69, 9.17) is 9.15 Å². The van der Waals surface area contributed by atoms with E-state index in [9.17, 15) is 19.1 Å². The number of aliphatic hydroxyl groups is 1. The summed E-state index contributed by atoms with van der Waals surface area (Å²) in [5, 5.41) is 9.97. The summed E-state index contributed by atoms with van der Waals surface area (Å²) in [6, 6.07) is 8.44. The first-order valence-corrected chi connectivity index (χ1v) is 8.41. The zero-order valence-electron chi connectivity index (χ0n) is 14.8. The van der Waals surface area contributed by atoms with Crippen LogP contribution in [-0.2, 0) is 9.53 Å². The van der Waals surface area contributed by atoms with Crippen LogP contribution in [0.15, 0.2) is 46.8 Å². The Hall–Kier alpha value is -3.00. The van der Waals surface area contributed by atoms with Gasteiger partial charge in [0.1, 0.15) is 30.0 Å². The molecule has 1 N–H and O–H groups in total. The van der Waals surface area contributed by atoms with E-state index in [1.807, 2.05) is 6.07 Å². The number of imide groups is 1. The summed E-state index contributed by atoms with van der Waals surface area (Å²) in [6.07, 6.45) is -1.52. The van der Waals surface area contributed by atoms with Crippen LogP contribution in [-0.4, -0.2) is 39.1 Å². The number of cyclic esters (lactones) is 1. The first-order valence-electron chi connectivity index (χ1n) is 8.41. The average Bonchev–Trinajstić information content (AvgIpc) is 3.17. The minimum atomic E-state index is -1.70. The van der Waals surface area contributed by atoms with Gasteiger partial charge >= 0.3 is 6.09 Å². The van der Waals surface area contributed by atoms with Crippen molar-refractivity contribution in [1.29, 1.82) is 0 Å². The largest absolute Gasteiger partial charge is 0.449 e. The normalized spacial score (nSPS) is 21.3. The highest BCUT2D eigenvalue weighted by Crippen LogP contribution is 2.33. The fourth-order valence-electron chi connectivity index (χ4n) is 2.93. The second-order valence-electron chi connectivity index (χ2n) is 6.26. The van der Waals surface area contributed by atoms with Gasteiger partial charge in [-0.2, -0.15) is 0 Å². The smallest absolute Gasteiger partial charge is 0.417 e. The van der Waals surface area contributed by atoms with Gasteiger partial charge in [-0.25, -0.2) is 19.1 Å². The first kappa shape index (κ1) is 18.8. The van der Waals surface area contributed by atoms with Gasteiger partial charge in [0.05, 0.1) is 12.5 Å². The number of aromatic nitrogens is 1. The van der Waals surface area contributed by atoms with Crippen LogP contribution < -0.4 is 0 Å². The topological polar surface area (TPSA) is 92.9 Å². The maximum absolute atomic E-state index is 14.1. The quantitative estimate of drug-likeness (QED) is 0.864. The third kappa shape index (κ3) is 4.06. The van der Waals surface area contributed by atoms with Crippen molar-refractivity contribution in [2.24, 2.45) is 0 Å². The molecule has 1 saturated heterocycles. The summed E-state index contributed by atoms with van der Waals surface area (Å²) in [5.41, 5.74) is 0.941. The lowest BCUT2D eigenvalue weighted by Crippen LogP contribution is -2.39. The van der Waals surface area contributed by atoms with E-state index in [0.717, 1.165) is 16.5 Å². The Morgan fingerprint density at radius 3 is 2.74 bits per heavy atom. The minimum absolute atomic E-state index is 0.189. The molecule has 1 aromatic carbocycles. The highest BCUT2D eigenvalue weighted by Gasteiger charge is 2.43. The predicted octanol–water partition coefficient (Wildman–Crippen LogP) is 3.15. The summed E-state index contributed by atoms with van der Waals surface area (Å²) in [7, 11) is 0. The zero-order chi connectivity index (χ0) is 19.6. The Labute approximate surface area is 155 Å². The molecule has 2 amide bonds. The van der Waals surface area contributed by atoms with E-state index in [-0.39, 0.29) is 5.69 Å². The molecule has 8 heteroatoms. The van der Waals surface area contributed by atoms with Crippen molar-refractivity contribution in [2.45, 2.75) is 38.5 Å². The minimum Gasteiger partial charge on any atom is -0.449 e. The molecule has 0 spiro atoms. The molecule has 3 atom stereocenters. The Bertz CT molecular complexity index is 864. The van der Waals surface area contributed by atoms with Gasteiger partial charge in [0.15, 0.2) is 5.89 Å². The Morgan fingerprint density at radius 2 is 2.11 bits per heavy atom. The molecule has 1 fully saturated rings. The van der Waals surface area contributed by atoms with E-state index in [2.05, 4.69) is 4.98 Å². The van der Waals surface area contributed by atoms with Crippen molar-refractivity contribution >= 4 is 18.1 Å². The number of hydrogen-bond acceptors (Lipinski definition) is 6. The molecule has 142 valence electrons. The molecule has 2 heterocycles. The number of oxazole rings is 1. The lowest BCUT2D eigenvalue weighted by Gasteiger charge is -2.20. The van der Waals surface area contributed by atoms with Crippen LogP contribution in [0, 0.1) is 6.92 Å². The Balaban J connectivity index is 1.68. The number of aryl methyl sites for hydroxylation is 1. The van der Waals surface area contributed by atoms with Gasteiger partial charge in [-0.3, -0.25) is 4.79 Å². The molecular weight excluding hydrogens is 355 g/mol. The van der Waals surface area contributed by atoms with Crippen LogP contribution >= 0.6 is 0 Å². The van der Waals surface area contributed by atoms with Gasteiger partial charge < -0.3 is 14.3 Å². The van der Waals surface area contributed by atoms with Crippen molar-refractivity contribution in [3.63, 3.8) is 0 Å². The molecule has 0 radical (unpaired) electrons. The number of amides is 2. The number of hydrogen-bond donors (Lipinski definition) is 1. The number of aliphatic hydroxyl groups excluding tert-OH is 1. The van der Waals surface area contributed by atoms with Crippen LogP contribution in [0.2, 0.25) is 0 Å². The van der Waals surface area contributed by atoms with Gasteiger partial charge in [0.25, 0.3) is 0 Å². The molecule has 0 saturated carbocycles. The third-order valence-corrected chi connectivity index (χ3v) is 4.28. The number of rotatable bonds is 5. The van der Waals surface area contributed by atoms with E-state index in [0.29, 0.717) is 5.89 Å². The van der Waals surface area contributed by atoms with Crippen LogP contribution in [0.1, 0.15) is 36.6 Å². The number of carbonyl (C=O) groups is 2. The number of benzene rings is 1. The Kier molecular flexibility index (Phi) is 5.36. The fraction of sp³-hybridized carbons (Fsp3) is 0.316. The van der Waals surface area contributed by atoms with E-state index in [1.54, 1.807) is 38.1 Å². The monoisotopic (exact) mass is 374 g/mol. The standard InChI is InChI=1S/C19H19FN2O5/c1-11-18(13-6-4-3-5-7-13)27-19(25)22(11)17(24)9-16(23)15(20)8-14-10-26-12(2)21-14/h3-8,10-11,16,18,23H,9H2,1-2H3/b15-8+/t11-,16-,18-/m0/s1. The van der Waals surface area contributed by atoms with Gasteiger partial charge in [-0.1, -0.05) is 30.3 Å². The second kappa shape index (κ2) is 7.71. The van der Waals surface area contributed by atoms with Crippen molar-refractivity contribution in [2.75, 3.05) is 0 Å². The van der Waals surface area contributed by atoms with Gasteiger partial charge in [-0.15, -0.1) is 0 Å². The van der Waals surface area contributed by atoms with E-state index >= 15 is 0 Å². The molecule has 0 bridgehead atoms. The summed E-state index contributed by atoms with van der Waals surface area (Å²) in [4.78, 5) is 29.4. The van der Waals surface area contributed by atoms with Crippen LogP contribution in [0.25, 0.3) is 6.08 Å². The van der Waals surface area contributed by atoms with Crippen LogP contribution in [0.4, 0.5) is 9.18 Å². The van der Waals surface area contributed by atoms with Gasteiger partial charge in [0, 0.05) is 13.0 Å². The number of nitrogens with zero attached hydrogens (tertiary/aromatic N) is 2. The molecule has 27 heavy (non-hydrogen) atoms. The van der Waals surface area contributed by atoms with Gasteiger partial charge in [0.2, 0.25) is 5.91 Å². The number of halogens is 1. The van der Waals surface area contributed by atoms with Crippen molar-refractivity contribution in [3.05, 3.63) is 59.6 Å². The molecule has 2 aromatic rings. The summed E-state index contributed by atoms with van der Waals surface area (Å²) in [5.74, 6) is -1.32. The van der Waals surface area contributed by atoms with Crippen LogP contribution in [0.3, 0.4) is 0 Å². The van der Waals surface area contributed by atoms with Crippen molar-refractivity contribution in [3.8, 4) is 0 Å². The molecule has 7 nitrogen and oxygen atoms in total. The maximum Gasteiger partial charge on any atom is 0.417 e. The van der Waals surface area contributed by atoms with Gasteiger partial charge in [-0.05, 0) is 12.5 Å². The summed E-state index contributed by atoms with van der Waals surface area (Å²) in [6.45, 7) is 3.26. The lowest BCUT2D eigenvalue weighted by molar-refractivity contribution is -0.130. The fourth-order valence-corrected chi connectivity index (χ4v) is 2.93. The molecule has 1 aliphatic rings. The van der Waals surface area contributed by atoms with E-state index < -0.39 is 42.5 Å². The lowest BCUT2D eigenvalue weighted by atomic mass is 10.0. The molecule has 3 rings (SSSR count). The first-order chi connectivity index (χ1) is 12.9. The molecule has 0 aliphatic carbocycles. The van der Waals surface area contributed by atoms with Crippen molar-refractivity contribution in [1.82, 2.24) is 9.88 Å². The zero-order valence-corrected chi connectivity index (χ0v) is 14.8. The third-order valence-electron chi connectivity index (χ3n) is 4.28. The second-order valence-corrected chi connectivity index (χ2v) is 6.26. The number of carbonyl (C=O) groups excluding carboxylic acids is 2. The summed E-state index contributed by atoms with van der Waals surface area (Å²) < 4.78 is 24.4. The maximum atomic E-state index is 14.1. The molecular formula is C19H19FN2O5. The summed E-state index contributed by atoms with van der Waals surface area (Å²) >= 11 is 0. The number of ether oxygens (including phenoxy) is 1. The highest BCUT2D eigenvalue weighted by molar-refractivity contribution is 5.94.